The summed E-state index contributed by atoms with van der Waals surface area (Å²) in [6, 6.07) is 8.73. The Bertz CT molecular complexity index is 326. The minimum atomic E-state index is 0.220. The first-order valence-electron chi connectivity index (χ1n) is 6.49. The quantitative estimate of drug-likeness (QED) is 0.739. The Balaban J connectivity index is 2.09. The molecule has 0 fully saturated rings. The van der Waals surface area contributed by atoms with Crippen LogP contribution in [0.1, 0.15) is 31.9 Å². The normalized spacial score (nSPS) is 11.8. The zero-order valence-electron chi connectivity index (χ0n) is 11.6. The monoisotopic (exact) mass is 234 g/mol. The van der Waals surface area contributed by atoms with Crippen LogP contribution in [0.15, 0.2) is 24.3 Å². The highest BCUT2D eigenvalue weighted by atomic mass is 15.0. The molecule has 0 atom stereocenters. The number of hydrogen-bond donors (Lipinski definition) is 2. The van der Waals surface area contributed by atoms with Gasteiger partial charge in [0.2, 0.25) is 0 Å². The summed E-state index contributed by atoms with van der Waals surface area (Å²) < 4.78 is 0. The smallest absolute Gasteiger partial charge is 0.00970 e. The van der Waals surface area contributed by atoms with Gasteiger partial charge in [0, 0.05) is 18.6 Å². The Hall–Kier alpha value is -0.860. The van der Waals surface area contributed by atoms with Gasteiger partial charge in [-0.3, -0.25) is 0 Å². The Morgan fingerprint density at radius 3 is 2.47 bits per heavy atom. The third-order valence-electron chi connectivity index (χ3n) is 2.63. The van der Waals surface area contributed by atoms with Crippen molar-refractivity contribution in [2.75, 3.05) is 19.6 Å². The van der Waals surface area contributed by atoms with Gasteiger partial charge >= 0.3 is 0 Å². The van der Waals surface area contributed by atoms with E-state index in [0.29, 0.717) is 0 Å². The summed E-state index contributed by atoms with van der Waals surface area (Å²) in [5.41, 5.74) is 2.98. The molecule has 1 aromatic carbocycles. The first kappa shape index (κ1) is 14.2. The molecule has 0 amide bonds. The van der Waals surface area contributed by atoms with Crippen LogP contribution in [0, 0.1) is 6.92 Å². The first-order valence-corrected chi connectivity index (χ1v) is 6.49. The predicted molar refractivity (Wildman–Crippen MR) is 75.5 cm³/mol. The van der Waals surface area contributed by atoms with Crippen LogP contribution in [0.3, 0.4) is 0 Å². The van der Waals surface area contributed by atoms with Crippen molar-refractivity contribution in [1.29, 1.82) is 0 Å². The molecular formula is C15H26N2. The molecule has 0 saturated carbocycles. The molecular weight excluding hydrogens is 208 g/mol. The van der Waals surface area contributed by atoms with Crippen LogP contribution in [0.4, 0.5) is 0 Å². The highest BCUT2D eigenvalue weighted by Crippen LogP contribution is 2.03. The maximum atomic E-state index is 3.47. The molecule has 0 aliphatic rings. The molecule has 0 bridgehead atoms. The lowest BCUT2D eigenvalue weighted by Gasteiger charge is -2.20. The van der Waals surface area contributed by atoms with Gasteiger partial charge < -0.3 is 10.6 Å². The van der Waals surface area contributed by atoms with E-state index in [1.807, 2.05) is 0 Å². The number of benzene rings is 1. The average Bonchev–Trinajstić information content (AvgIpc) is 2.22. The van der Waals surface area contributed by atoms with E-state index in [0.717, 1.165) is 26.1 Å². The third kappa shape index (κ3) is 7.14. The molecule has 0 aromatic heterocycles. The van der Waals surface area contributed by atoms with Crippen LogP contribution < -0.4 is 10.6 Å². The highest BCUT2D eigenvalue weighted by molar-refractivity contribution is 5.22. The van der Waals surface area contributed by atoms with E-state index in [1.54, 1.807) is 0 Å². The molecule has 0 aliphatic heterocycles. The maximum Gasteiger partial charge on any atom is 0.00970 e. The SMILES string of the molecule is Cc1cccc(CCNCCNC(C)(C)C)c1. The van der Waals surface area contributed by atoms with Gasteiger partial charge in [-0.2, -0.15) is 0 Å². The Morgan fingerprint density at radius 2 is 1.82 bits per heavy atom. The van der Waals surface area contributed by atoms with Crippen molar-refractivity contribution >= 4 is 0 Å². The molecule has 0 saturated heterocycles. The van der Waals surface area contributed by atoms with Crippen LogP contribution in [0.2, 0.25) is 0 Å². The second-order valence-corrected chi connectivity index (χ2v) is 5.67. The first-order chi connectivity index (χ1) is 7.97. The van der Waals surface area contributed by atoms with Crippen molar-refractivity contribution in [2.24, 2.45) is 0 Å². The van der Waals surface area contributed by atoms with E-state index < -0.39 is 0 Å². The lowest BCUT2D eigenvalue weighted by Crippen LogP contribution is -2.40. The topological polar surface area (TPSA) is 24.1 Å². The third-order valence-corrected chi connectivity index (χ3v) is 2.63. The lowest BCUT2D eigenvalue weighted by atomic mass is 10.1. The summed E-state index contributed by atoms with van der Waals surface area (Å²) in [7, 11) is 0. The fraction of sp³-hybridized carbons (Fsp3) is 0.600. The summed E-state index contributed by atoms with van der Waals surface area (Å²) in [4.78, 5) is 0. The van der Waals surface area contributed by atoms with Gasteiger partial charge in [-0.25, -0.2) is 0 Å². The molecule has 17 heavy (non-hydrogen) atoms. The Labute approximate surface area is 106 Å². The summed E-state index contributed by atoms with van der Waals surface area (Å²) in [5, 5.41) is 6.93. The van der Waals surface area contributed by atoms with Crippen LogP contribution in [-0.4, -0.2) is 25.2 Å². The predicted octanol–water partition coefficient (Wildman–Crippen LogP) is 2.52. The highest BCUT2D eigenvalue weighted by Gasteiger charge is 2.06. The minimum absolute atomic E-state index is 0.220. The molecule has 96 valence electrons. The summed E-state index contributed by atoms with van der Waals surface area (Å²) in [6.07, 6.45) is 1.11. The lowest BCUT2D eigenvalue weighted by molar-refractivity contribution is 0.422. The number of hydrogen-bond acceptors (Lipinski definition) is 2. The molecule has 0 heterocycles. The second-order valence-electron chi connectivity index (χ2n) is 5.67. The van der Waals surface area contributed by atoms with E-state index in [-0.39, 0.29) is 5.54 Å². The van der Waals surface area contributed by atoms with Crippen molar-refractivity contribution in [3.63, 3.8) is 0 Å². The van der Waals surface area contributed by atoms with Crippen molar-refractivity contribution in [1.82, 2.24) is 10.6 Å². The van der Waals surface area contributed by atoms with E-state index in [9.17, 15) is 0 Å². The van der Waals surface area contributed by atoms with Crippen molar-refractivity contribution in [3.05, 3.63) is 35.4 Å². The summed E-state index contributed by atoms with van der Waals surface area (Å²) >= 11 is 0. The standard InChI is InChI=1S/C15H26N2/c1-13-6-5-7-14(12-13)8-9-16-10-11-17-15(2,3)4/h5-7,12,16-17H,8-11H2,1-4H3. The van der Waals surface area contributed by atoms with E-state index in [2.05, 4.69) is 62.6 Å². The van der Waals surface area contributed by atoms with Gasteiger partial charge in [-0.15, -0.1) is 0 Å². The molecule has 0 aliphatic carbocycles. The molecule has 0 unspecified atom stereocenters. The van der Waals surface area contributed by atoms with Crippen LogP contribution in [-0.2, 0) is 6.42 Å². The van der Waals surface area contributed by atoms with E-state index in [4.69, 9.17) is 0 Å². The summed E-state index contributed by atoms with van der Waals surface area (Å²) in [6.45, 7) is 11.8. The Morgan fingerprint density at radius 1 is 1.06 bits per heavy atom. The number of aryl methyl sites for hydroxylation is 1. The van der Waals surface area contributed by atoms with Crippen molar-refractivity contribution < 1.29 is 0 Å². The van der Waals surface area contributed by atoms with Gasteiger partial charge in [0.1, 0.15) is 0 Å². The zero-order chi connectivity index (χ0) is 12.7. The molecule has 1 aromatic rings. The fourth-order valence-corrected chi connectivity index (χ4v) is 1.75. The molecule has 0 radical (unpaired) electrons. The molecule has 0 spiro atoms. The summed E-state index contributed by atoms with van der Waals surface area (Å²) in [5.74, 6) is 0. The minimum Gasteiger partial charge on any atom is -0.315 e. The van der Waals surface area contributed by atoms with Gasteiger partial charge in [-0.05, 0) is 46.2 Å². The molecule has 2 N–H and O–H groups in total. The average molecular weight is 234 g/mol. The van der Waals surface area contributed by atoms with E-state index >= 15 is 0 Å². The zero-order valence-corrected chi connectivity index (χ0v) is 11.6. The van der Waals surface area contributed by atoms with Gasteiger partial charge in [0.05, 0.1) is 0 Å². The number of rotatable bonds is 6. The van der Waals surface area contributed by atoms with Gasteiger partial charge in [0.15, 0.2) is 0 Å². The largest absolute Gasteiger partial charge is 0.315 e. The van der Waals surface area contributed by atoms with E-state index in [1.165, 1.54) is 11.1 Å². The Kier molecular flexibility index (Phi) is 5.66. The van der Waals surface area contributed by atoms with Gasteiger partial charge in [0.25, 0.3) is 0 Å². The van der Waals surface area contributed by atoms with Crippen molar-refractivity contribution in [3.8, 4) is 0 Å². The second kappa shape index (κ2) is 6.77. The molecule has 2 nitrogen and oxygen atoms in total. The molecule has 1 rings (SSSR count). The molecule has 2 heteroatoms. The fourth-order valence-electron chi connectivity index (χ4n) is 1.75. The van der Waals surface area contributed by atoms with Crippen LogP contribution in [0.25, 0.3) is 0 Å². The number of nitrogens with one attached hydrogen (secondary N) is 2. The van der Waals surface area contributed by atoms with Crippen LogP contribution in [0.5, 0.6) is 0 Å². The van der Waals surface area contributed by atoms with Crippen molar-refractivity contribution in [2.45, 2.75) is 39.7 Å². The van der Waals surface area contributed by atoms with Crippen LogP contribution >= 0.6 is 0 Å². The van der Waals surface area contributed by atoms with Gasteiger partial charge in [-0.1, -0.05) is 29.8 Å². The maximum absolute atomic E-state index is 3.47.